The number of ketones is 4. The van der Waals surface area contributed by atoms with Crippen LogP contribution in [0.4, 0.5) is 0 Å². The fourth-order valence-electron chi connectivity index (χ4n) is 18.6. The monoisotopic (exact) mass is 1200 g/mol. The van der Waals surface area contributed by atoms with Gasteiger partial charge in [-0.15, -0.1) is 0 Å². The number of Topliss-reactive ketones (excluding diaryl/α,β-unsaturated/α-hetero) is 4. The van der Waals surface area contributed by atoms with Crippen molar-refractivity contribution in [2.75, 3.05) is 0 Å². The van der Waals surface area contributed by atoms with Crippen LogP contribution in [0.15, 0.2) is 108 Å². The SMILES string of the molecule is O=C1CCC23CC=CCC12O3.O=C1CCC2=C1CC=CC2.O=C1CC[C@H]2CC=CC[C@]12O.O=C1CC[C@]2(O)CC=CC[C@@H]12.O[C@@H]1CC[C@]2(O)CC=CC[C@@H]12.O[C@@H]1CC[C@]23CC=CC[C@]12O3.O[C@H]1CC[C@H]2CC=CC[C@@]21O.O[C@H]1CC[C@]23CC=CC[C@]12O3. The van der Waals surface area contributed by atoms with E-state index in [2.05, 4.69) is 66.8 Å². The van der Waals surface area contributed by atoms with Crippen LogP contribution in [0.25, 0.3) is 0 Å². The molecule has 16 aliphatic carbocycles. The molecule has 8 N–H and O–H groups in total. The summed E-state index contributed by atoms with van der Waals surface area (Å²) in [6.45, 7) is 0. The van der Waals surface area contributed by atoms with Gasteiger partial charge in [0.1, 0.15) is 39.4 Å². The summed E-state index contributed by atoms with van der Waals surface area (Å²) in [6.07, 6.45) is 59.1. The van der Waals surface area contributed by atoms with Crippen LogP contribution in [0.1, 0.15) is 205 Å². The van der Waals surface area contributed by atoms with Crippen LogP contribution in [0.5, 0.6) is 0 Å². The van der Waals surface area contributed by atoms with Gasteiger partial charge >= 0.3 is 0 Å². The Hall–Kier alpha value is -4.10. The van der Waals surface area contributed by atoms with Crippen molar-refractivity contribution in [2.45, 2.75) is 286 Å². The second-order valence-electron chi connectivity index (χ2n) is 28.9. The highest BCUT2D eigenvalue weighted by Crippen LogP contribution is 2.66. The molecule has 0 amide bonds. The number of aliphatic hydroxyl groups is 8. The fourth-order valence-corrected chi connectivity index (χ4v) is 18.6. The van der Waals surface area contributed by atoms with Crippen LogP contribution < -0.4 is 0 Å². The third kappa shape index (κ3) is 11.2. The van der Waals surface area contributed by atoms with E-state index in [4.69, 9.17) is 14.2 Å². The molecule has 15 heteroatoms. The number of rotatable bonds is 0. The molecule has 18 atom stereocenters. The summed E-state index contributed by atoms with van der Waals surface area (Å²) in [5, 5.41) is 78.1. The number of carbonyl (C=O) groups excluding carboxylic acids is 4. The number of hydrogen-bond donors (Lipinski definition) is 8. The molecule has 474 valence electrons. The number of epoxide rings is 3. The molecule has 3 aliphatic heterocycles. The van der Waals surface area contributed by atoms with Crippen molar-refractivity contribution in [1.82, 2.24) is 0 Å². The zero-order chi connectivity index (χ0) is 61.1. The maximum Gasteiger partial charge on any atom is 0.168 e. The highest BCUT2D eigenvalue weighted by Gasteiger charge is 2.78. The van der Waals surface area contributed by atoms with Gasteiger partial charge < -0.3 is 55.1 Å². The van der Waals surface area contributed by atoms with Crippen molar-refractivity contribution in [3.8, 4) is 0 Å². The molecule has 87 heavy (non-hydrogen) atoms. The van der Waals surface area contributed by atoms with Crippen LogP contribution in [0, 0.1) is 23.7 Å². The van der Waals surface area contributed by atoms with Gasteiger partial charge in [-0.2, -0.15) is 0 Å². The fraction of sp³-hybridized carbons (Fsp3) is 0.694. The molecule has 0 spiro atoms. The summed E-state index contributed by atoms with van der Waals surface area (Å²) in [5.74, 6) is 1.55. The molecular weight excluding hydrogens is 1100 g/mol. The zero-order valence-electron chi connectivity index (χ0n) is 50.9. The summed E-state index contributed by atoms with van der Waals surface area (Å²) >= 11 is 0. The van der Waals surface area contributed by atoms with Crippen molar-refractivity contribution in [3.63, 3.8) is 0 Å². The molecule has 0 aromatic rings. The minimum atomic E-state index is -0.977. The van der Waals surface area contributed by atoms with E-state index in [-0.39, 0.29) is 81.2 Å². The maximum absolute atomic E-state index is 11.4. The number of allylic oxidation sites excluding steroid dienone is 8. The third-order valence-corrected chi connectivity index (χ3v) is 24.5. The Bertz CT molecular complexity index is 2860. The van der Waals surface area contributed by atoms with E-state index in [1.807, 2.05) is 30.4 Å². The van der Waals surface area contributed by atoms with Crippen molar-refractivity contribution in [1.29, 1.82) is 0 Å². The standard InChI is InChI=1S/2C9H12O2.C9H10O2.C9H14O2.C9H12O2.C9H14O2.C9H12O2.C9H10O/c3*10-7-3-6-8-4-1-2-5-9(7,8)11-8;2*10-8-5-4-7-3-1-2-6-9(7,8)11;2*10-8-4-6-9(11)5-2-1-3-7(8)9;10-9-6-5-7-3-1-2-4-8(7)9/h2*1-2,7,10H,3-6H2;1-2H,3-6H2;1-2,7-8,10-11H,3-6H2;1-2,7,11H,3-6H2;1-2,7-8,10-11H,3-6H2;1-2,7,11H,3-6H2;1-2H,3-6H2/t7-,8+,9-;7-,8-,9+;;7-,8+,9-;7-,9-;7-,8+,9+;7-,9+;/m01.1100./s1. The highest BCUT2D eigenvalue weighted by molar-refractivity contribution is 5.99. The van der Waals surface area contributed by atoms with Gasteiger partial charge in [-0.25, -0.2) is 0 Å². The minimum absolute atomic E-state index is 0.0289. The smallest absolute Gasteiger partial charge is 0.168 e. The number of carbonyl (C=O) groups is 4. The summed E-state index contributed by atoms with van der Waals surface area (Å²) in [5.41, 5.74) is -0.995. The van der Waals surface area contributed by atoms with Crippen molar-refractivity contribution < 1.29 is 74.2 Å². The van der Waals surface area contributed by atoms with Crippen LogP contribution >= 0.6 is 0 Å². The topological polar surface area (TPSA) is 268 Å². The Balaban J connectivity index is 0.0000000971. The molecule has 0 radical (unpaired) electrons. The Labute approximate surface area is 513 Å². The van der Waals surface area contributed by atoms with Crippen LogP contribution in [0.2, 0.25) is 0 Å². The number of ether oxygens (including phenoxy) is 3. The first kappa shape index (κ1) is 63.1. The van der Waals surface area contributed by atoms with Gasteiger partial charge in [-0.1, -0.05) is 103 Å². The van der Waals surface area contributed by atoms with Gasteiger partial charge in [0.15, 0.2) is 23.0 Å². The highest BCUT2D eigenvalue weighted by atomic mass is 16.7. The van der Waals surface area contributed by atoms with Gasteiger partial charge in [0.05, 0.1) is 47.1 Å². The number of aliphatic hydroxyl groups excluding tert-OH is 4. The lowest BCUT2D eigenvalue weighted by atomic mass is 9.80. The number of fused-ring (bicyclic) bond motifs is 4. The second kappa shape index (κ2) is 24.2. The van der Waals surface area contributed by atoms with E-state index in [1.54, 1.807) is 0 Å². The van der Waals surface area contributed by atoms with E-state index in [1.165, 1.54) is 5.57 Å². The average Bonchev–Trinajstić information content (AvgIpc) is 1.54. The average molecular weight is 1200 g/mol. The summed E-state index contributed by atoms with van der Waals surface area (Å²) in [7, 11) is 0. The molecule has 15 nitrogen and oxygen atoms in total. The summed E-state index contributed by atoms with van der Waals surface area (Å²) < 4.78 is 17.0. The third-order valence-electron chi connectivity index (χ3n) is 24.5. The molecular formula is C72H96O15. The molecule has 19 aliphatic rings. The Morgan fingerprint density at radius 1 is 0.402 bits per heavy atom. The minimum Gasteiger partial charge on any atom is -0.393 e. The molecule has 0 aromatic heterocycles. The van der Waals surface area contributed by atoms with Crippen molar-refractivity contribution >= 4 is 23.1 Å². The summed E-state index contributed by atoms with van der Waals surface area (Å²) in [4.78, 5) is 45.0. The number of hydrogen-bond acceptors (Lipinski definition) is 15. The maximum atomic E-state index is 11.4. The first-order chi connectivity index (χ1) is 41.7. The van der Waals surface area contributed by atoms with Crippen LogP contribution in [0.3, 0.4) is 0 Å². The van der Waals surface area contributed by atoms with Crippen LogP contribution in [-0.4, -0.2) is 144 Å². The molecule has 0 bridgehead atoms. The molecule has 19 rings (SSSR count). The quantitative estimate of drug-likeness (QED) is 0.0831. The van der Waals surface area contributed by atoms with E-state index in [0.717, 1.165) is 173 Å². The predicted octanol–water partition coefficient (Wildman–Crippen LogP) is 8.97. The lowest BCUT2D eigenvalue weighted by Gasteiger charge is -2.33. The largest absolute Gasteiger partial charge is 0.393 e. The van der Waals surface area contributed by atoms with Crippen molar-refractivity contribution in [3.05, 3.63) is 108 Å². The van der Waals surface area contributed by atoms with E-state index in [9.17, 15) is 60.0 Å². The normalized spacial score (nSPS) is 47.4. The lowest BCUT2D eigenvalue weighted by molar-refractivity contribution is -0.136. The van der Waals surface area contributed by atoms with Gasteiger partial charge in [0.25, 0.3) is 0 Å². The Morgan fingerprint density at radius 3 is 1.62 bits per heavy atom. The van der Waals surface area contributed by atoms with Gasteiger partial charge in [0.2, 0.25) is 0 Å². The Kier molecular flexibility index (Phi) is 17.5. The van der Waals surface area contributed by atoms with Crippen molar-refractivity contribution in [2.24, 2.45) is 23.7 Å². The molecule has 7 saturated carbocycles. The van der Waals surface area contributed by atoms with E-state index < -0.39 is 28.5 Å². The second-order valence-corrected chi connectivity index (χ2v) is 28.9. The molecule has 3 saturated heterocycles. The molecule has 2 unspecified atom stereocenters. The van der Waals surface area contributed by atoms with E-state index in [0.29, 0.717) is 56.0 Å². The molecule has 10 fully saturated rings. The molecule has 3 heterocycles. The molecule has 0 aromatic carbocycles. The summed E-state index contributed by atoms with van der Waals surface area (Å²) in [6, 6.07) is 0. The first-order valence-corrected chi connectivity index (χ1v) is 33.4. The van der Waals surface area contributed by atoms with Gasteiger partial charge in [-0.3, -0.25) is 19.2 Å². The van der Waals surface area contributed by atoms with Gasteiger partial charge in [0, 0.05) is 44.4 Å². The first-order valence-electron chi connectivity index (χ1n) is 33.4. The van der Waals surface area contributed by atoms with Gasteiger partial charge in [-0.05, 0) is 184 Å². The van der Waals surface area contributed by atoms with Crippen LogP contribution in [-0.2, 0) is 33.4 Å². The zero-order valence-corrected chi connectivity index (χ0v) is 50.9. The lowest BCUT2D eigenvalue weighted by Crippen LogP contribution is -2.43. The Morgan fingerprint density at radius 2 is 0.989 bits per heavy atom. The predicted molar refractivity (Wildman–Crippen MR) is 325 cm³/mol. The van der Waals surface area contributed by atoms with E-state index >= 15 is 0 Å².